The molecule has 0 bridgehead atoms. The molecule has 0 spiro atoms. The summed E-state index contributed by atoms with van der Waals surface area (Å²) in [4.78, 5) is 14.8. The first-order chi connectivity index (χ1) is 12.6. The molecule has 1 aromatic heterocycles. The van der Waals surface area contributed by atoms with Crippen LogP contribution in [0.3, 0.4) is 0 Å². The zero-order valence-electron chi connectivity index (χ0n) is 15.5. The summed E-state index contributed by atoms with van der Waals surface area (Å²) < 4.78 is 12.7. The van der Waals surface area contributed by atoms with Crippen molar-refractivity contribution in [2.24, 2.45) is 7.05 Å². The minimum Gasteiger partial charge on any atom is -0.481 e. The van der Waals surface area contributed by atoms with Gasteiger partial charge in [0.1, 0.15) is 0 Å². The largest absolute Gasteiger partial charge is 0.481 e. The number of aryl methyl sites for hydroxylation is 1. The molecule has 2 atom stereocenters. The molecule has 1 N–H and O–H groups in total. The summed E-state index contributed by atoms with van der Waals surface area (Å²) in [5.74, 6) is 0.316. The maximum atomic E-state index is 12.5. The lowest BCUT2D eigenvalue weighted by Crippen LogP contribution is -2.49. The van der Waals surface area contributed by atoms with Gasteiger partial charge in [-0.15, -0.1) is 0 Å². The molecule has 2 heterocycles. The van der Waals surface area contributed by atoms with Crippen LogP contribution in [0.5, 0.6) is 5.88 Å². The van der Waals surface area contributed by atoms with Crippen LogP contribution >= 0.6 is 0 Å². The Labute approximate surface area is 153 Å². The molecule has 3 rings (SSSR count). The van der Waals surface area contributed by atoms with Gasteiger partial charge in [0.25, 0.3) is 5.91 Å². The molecule has 26 heavy (non-hydrogen) atoms. The zero-order chi connectivity index (χ0) is 18.5. The summed E-state index contributed by atoms with van der Waals surface area (Å²) in [5.41, 5.74) is 1.54. The first kappa shape index (κ1) is 18.4. The topological polar surface area (TPSA) is 68.6 Å². The van der Waals surface area contributed by atoms with Gasteiger partial charge >= 0.3 is 0 Å². The molecule has 1 fully saturated rings. The number of morpholine rings is 1. The van der Waals surface area contributed by atoms with Gasteiger partial charge in [0.05, 0.1) is 25.9 Å². The third-order valence-electron chi connectivity index (χ3n) is 4.75. The Morgan fingerprint density at radius 2 is 2.15 bits per heavy atom. The zero-order valence-corrected chi connectivity index (χ0v) is 15.5. The Morgan fingerprint density at radius 1 is 1.38 bits per heavy atom. The molecular weight excluding hydrogens is 332 g/mol. The average Bonchev–Trinajstić information content (AvgIpc) is 3.07. The van der Waals surface area contributed by atoms with E-state index in [-0.39, 0.29) is 18.1 Å². The van der Waals surface area contributed by atoms with Gasteiger partial charge in [0, 0.05) is 26.2 Å². The second-order valence-electron chi connectivity index (χ2n) is 6.30. The van der Waals surface area contributed by atoms with Crippen LogP contribution in [-0.2, 0) is 11.8 Å². The highest BCUT2D eigenvalue weighted by Gasteiger charge is 2.33. The van der Waals surface area contributed by atoms with Crippen LogP contribution in [0.2, 0.25) is 0 Å². The van der Waals surface area contributed by atoms with Gasteiger partial charge < -0.3 is 14.8 Å². The van der Waals surface area contributed by atoms with Crippen molar-refractivity contribution in [2.45, 2.75) is 19.1 Å². The van der Waals surface area contributed by atoms with Crippen molar-refractivity contribution in [1.82, 2.24) is 20.0 Å². The van der Waals surface area contributed by atoms with Gasteiger partial charge in [-0.2, -0.15) is 5.10 Å². The van der Waals surface area contributed by atoms with E-state index >= 15 is 0 Å². The second-order valence-corrected chi connectivity index (χ2v) is 6.30. The molecule has 7 heteroatoms. The van der Waals surface area contributed by atoms with Crippen molar-refractivity contribution in [1.29, 1.82) is 0 Å². The molecule has 1 saturated heterocycles. The van der Waals surface area contributed by atoms with Crippen molar-refractivity contribution in [3.05, 3.63) is 47.7 Å². The summed E-state index contributed by atoms with van der Waals surface area (Å²) >= 11 is 0. The summed E-state index contributed by atoms with van der Waals surface area (Å²) in [6, 6.07) is 12.1. The van der Waals surface area contributed by atoms with E-state index in [0.29, 0.717) is 24.7 Å². The number of methoxy groups -OCH3 is 1. The molecule has 2 aromatic rings. The minimum absolute atomic E-state index is 0.111. The van der Waals surface area contributed by atoms with Crippen molar-refractivity contribution in [3.8, 4) is 5.88 Å². The van der Waals surface area contributed by atoms with Crippen LogP contribution < -0.4 is 10.1 Å². The highest BCUT2D eigenvalue weighted by Crippen LogP contribution is 2.29. The van der Waals surface area contributed by atoms with Gasteiger partial charge in [0.2, 0.25) is 5.88 Å². The summed E-state index contributed by atoms with van der Waals surface area (Å²) in [6.07, 6.45) is -0.111. The van der Waals surface area contributed by atoms with Crippen molar-refractivity contribution in [2.75, 3.05) is 33.4 Å². The molecule has 0 unspecified atom stereocenters. The van der Waals surface area contributed by atoms with E-state index < -0.39 is 0 Å². The van der Waals surface area contributed by atoms with Gasteiger partial charge in [-0.1, -0.05) is 37.3 Å². The first-order valence-corrected chi connectivity index (χ1v) is 8.90. The lowest BCUT2D eigenvalue weighted by molar-refractivity contribution is -0.0685. The molecule has 1 amide bonds. The fraction of sp³-hybridized carbons (Fsp3) is 0.474. The van der Waals surface area contributed by atoms with Gasteiger partial charge in [0.15, 0.2) is 5.69 Å². The van der Waals surface area contributed by atoms with Crippen molar-refractivity contribution < 1.29 is 14.3 Å². The van der Waals surface area contributed by atoms with E-state index in [1.165, 1.54) is 10.2 Å². The van der Waals surface area contributed by atoms with E-state index in [4.69, 9.17) is 9.47 Å². The standard InChI is InChI=1S/C19H26N4O3/c1-4-23-10-11-26-16(18(23)14-8-6-5-7-9-14)13-20-19(24)15-12-17(25-3)22(2)21-15/h5-9,12,16,18H,4,10-11,13H2,1-3H3,(H,20,24)/t16-,18-/m0/s1. The average molecular weight is 358 g/mol. The summed E-state index contributed by atoms with van der Waals surface area (Å²) in [5, 5.41) is 7.14. The maximum absolute atomic E-state index is 12.5. The third kappa shape index (κ3) is 3.89. The summed E-state index contributed by atoms with van der Waals surface area (Å²) in [6.45, 7) is 5.06. The quantitative estimate of drug-likeness (QED) is 0.850. The SMILES string of the molecule is CCN1CCO[C@@H](CNC(=O)c2cc(OC)n(C)n2)[C@@H]1c1ccccc1. The lowest BCUT2D eigenvalue weighted by Gasteiger charge is -2.41. The number of rotatable bonds is 6. The highest BCUT2D eigenvalue weighted by atomic mass is 16.5. The number of carbonyl (C=O) groups excluding carboxylic acids is 1. The Balaban J connectivity index is 1.71. The molecule has 1 aliphatic heterocycles. The van der Waals surface area contributed by atoms with E-state index in [0.717, 1.165) is 13.1 Å². The molecule has 140 valence electrons. The number of nitrogens with one attached hydrogen (secondary N) is 1. The number of hydrogen-bond donors (Lipinski definition) is 1. The predicted octanol–water partition coefficient (Wildman–Crippen LogP) is 1.62. The fourth-order valence-corrected chi connectivity index (χ4v) is 3.42. The van der Waals surface area contributed by atoms with Gasteiger partial charge in [-0.05, 0) is 12.1 Å². The van der Waals surface area contributed by atoms with E-state index in [1.54, 1.807) is 20.2 Å². The van der Waals surface area contributed by atoms with Gasteiger partial charge in [-0.3, -0.25) is 9.69 Å². The number of likely N-dealkylation sites (N-methyl/N-ethyl adjacent to an activating group) is 1. The Bertz CT molecular complexity index is 732. The van der Waals surface area contributed by atoms with Crippen LogP contribution in [0.1, 0.15) is 29.0 Å². The molecule has 0 aliphatic carbocycles. The Hall–Kier alpha value is -2.38. The molecule has 0 radical (unpaired) electrons. The summed E-state index contributed by atoms with van der Waals surface area (Å²) in [7, 11) is 3.29. The molecular formula is C19H26N4O3. The van der Waals surface area contributed by atoms with Crippen molar-refractivity contribution >= 4 is 5.91 Å². The van der Waals surface area contributed by atoms with E-state index in [9.17, 15) is 4.79 Å². The van der Waals surface area contributed by atoms with Crippen LogP contribution in [0.25, 0.3) is 0 Å². The highest BCUT2D eigenvalue weighted by molar-refractivity contribution is 5.92. The number of benzene rings is 1. The van der Waals surface area contributed by atoms with Crippen molar-refractivity contribution in [3.63, 3.8) is 0 Å². The Morgan fingerprint density at radius 3 is 2.81 bits per heavy atom. The fourth-order valence-electron chi connectivity index (χ4n) is 3.42. The van der Waals surface area contributed by atoms with Crippen LogP contribution in [0.4, 0.5) is 0 Å². The predicted molar refractivity (Wildman–Crippen MR) is 98.3 cm³/mol. The number of amides is 1. The smallest absolute Gasteiger partial charge is 0.272 e. The minimum atomic E-state index is -0.229. The molecule has 0 saturated carbocycles. The lowest BCUT2D eigenvalue weighted by atomic mass is 9.98. The second kappa shape index (κ2) is 8.33. The molecule has 7 nitrogen and oxygen atoms in total. The maximum Gasteiger partial charge on any atom is 0.272 e. The molecule has 1 aromatic carbocycles. The van der Waals surface area contributed by atoms with E-state index in [2.05, 4.69) is 34.4 Å². The molecule has 1 aliphatic rings. The van der Waals surface area contributed by atoms with E-state index in [1.807, 2.05) is 18.2 Å². The number of carbonyl (C=O) groups is 1. The third-order valence-corrected chi connectivity index (χ3v) is 4.75. The van der Waals surface area contributed by atoms with Crippen LogP contribution in [0, 0.1) is 0 Å². The first-order valence-electron chi connectivity index (χ1n) is 8.90. The normalized spacial score (nSPS) is 20.7. The monoisotopic (exact) mass is 358 g/mol. The number of nitrogens with zero attached hydrogens (tertiary/aromatic N) is 3. The number of ether oxygens (including phenoxy) is 2. The van der Waals surface area contributed by atoms with Crippen LogP contribution in [-0.4, -0.2) is 60.0 Å². The number of aromatic nitrogens is 2. The Kier molecular flexibility index (Phi) is 5.90. The number of hydrogen-bond acceptors (Lipinski definition) is 5. The van der Waals surface area contributed by atoms with Crippen LogP contribution in [0.15, 0.2) is 36.4 Å². The van der Waals surface area contributed by atoms with Gasteiger partial charge in [-0.25, -0.2) is 4.68 Å².